The Morgan fingerprint density at radius 1 is 1.20 bits per heavy atom. The van der Waals surface area contributed by atoms with Gasteiger partial charge in [-0.2, -0.15) is 13.2 Å². The molecule has 3 rings (SSSR count). The third kappa shape index (κ3) is 5.29. The molecule has 0 radical (unpaired) electrons. The van der Waals surface area contributed by atoms with E-state index in [1.54, 1.807) is 18.2 Å². The zero-order valence-corrected chi connectivity index (χ0v) is 17.1. The number of halogens is 3. The van der Waals surface area contributed by atoms with Gasteiger partial charge in [0.05, 0.1) is 12.7 Å². The first-order chi connectivity index (χ1) is 14.3. The molecule has 2 heterocycles. The first-order valence-electron chi connectivity index (χ1n) is 10.2. The van der Waals surface area contributed by atoms with Gasteiger partial charge in [-0.3, -0.25) is 4.79 Å². The van der Waals surface area contributed by atoms with Crippen LogP contribution < -0.4 is 10.1 Å². The van der Waals surface area contributed by atoms with Gasteiger partial charge < -0.3 is 10.1 Å². The number of nitrogens with one attached hydrogen (secondary N) is 1. The fraction of sp³-hybridized carbons (Fsp3) is 0.500. The van der Waals surface area contributed by atoms with Gasteiger partial charge in [-0.05, 0) is 56.2 Å². The Hall–Kier alpha value is -2.64. The van der Waals surface area contributed by atoms with Crippen LogP contribution in [0.1, 0.15) is 66.7 Å². The van der Waals surface area contributed by atoms with Crippen molar-refractivity contribution in [1.29, 1.82) is 0 Å². The normalized spacial score (nSPS) is 20.4. The van der Waals surface area contributed by atoms with Gasteiger partial charge in [0.2, 0.25) is 5.88 Å². The van der Waals surface area contributed by atoms with Gasteiger partial charge >= 0.3 is 6.18 Å². The second-order valence-electron chi connectivity index (χ2n) is 7.63. The predicted octanol–water partition coefficient (Wildman–Crippen LogP) is 4.99. The molecule has 5 nitrogen and oxygen atoms in total. The zero-order chi connectivity index (χ0) is 21.7. The number of rotatable bonds is 6. The number of nitrogens with zero attached hydrogens (tertiary/aromatic N) is 2. The SMILES string of the molecule is CC[C@H](NC(=O)c1ccc(OC)nc1)C1CCC(c2cccc(C(F)(F)F)n2)CC1. The van der Waals surface area contributed by atoms with Gasteiger partial charge in [-0.25, -0.2) is 9.97 Å². The van der Waals surface area contributed by atoms with E-state index in [-0.39, 0.29) is 23.8 Å². The maximum atomic E-state index is 12.9. The topological polar surface area (TPSA) is 64.1 Å². The molecule has 8 heteroatoms. The zero-order valence-electron chi connectivity index (χ0n) is 17.1. The largest absolute Gasteiger partial charge is 0.481 e. The first-order valence-corrected chi connectivity index (χ1v) is 10.2. The molecule has 0 aromatic carbocycles. The Bertz CT molecular complexity index is 847. The minimum atomic E-state index is -4.43. The predicted molar refractivity (Wildman–Crippen MR) is 106 cm³/mol. The number of pyridine rings is 2. The number of ether oxygens (including phenoxy) is 1. The first kappa shape index (κ1) is 22.1. The van der Waals surface area contributed by atoms with E-state index in [9.17, 15) is 18.0 Å². The van der Waals surface area contributed by atoms with Gasteiger partial charge in [0.25, 0.3) is 5.91 Å². The molecular formula is C22H26F3N3O2. The van der Waals surface area contributed by atoms with Crippen molar-refractivity contribution < 1.29 is 22.7 Å². The molecule has 1 saturated carbocycles. The Balaban J connectivity index is 1.59. The van der Waals surface area contributed by atoms with E-state index in [1.807, 2.05) is 6.92 Å². The number of hydrogen-bond acceptors (Lipinski definition) is 4. The van der Waals surface area contributed by atoms with E-state index in [4.69, 9.17) is 4.74 Å². The summed E-state index contributed by atoms with van der Waals surface area (Å²) >= 11 is 0. The molecule has 0 spiro atoms. The van der Waals surface area contributed by atoms with Crippen LogP contribution in [0.15, 0.2) is 36.5 Å². The van der Waals surface area contributed by atoms with Crippen LogP contribution in [0, 0.1) is 5.92 Å². The van der Waals surface area contributed by atoms with Crippen molar-refractivity contribution in [3.63, 3.8) is 0 Å². The van der Waals surface area contributed by atoms with E-state index in [2.05, 4.69) is 15.3 Å². The third-order valence-corrected chi connectivity index (χ3v) is 5.78. The van der Waals surface area contributed by atoms with Gasteiger partial charge in [0, 0.05) is 29.9 Å². The molecule has 1 aliphatic rings. The van der Waals surface area contributed by atoms with Gasteiger partial charge in [-0.15, -0.1) is 0 Å². The summed E-state index contributed by atoms with van der Waals surface area (Å²) in [4.78, 5) is 20.5. The van der Waals surface area contributed by atoms with E-state index in [1.165, 1.54) is 19.4 Å². The molecule has 162 valence electrons. The number of carbonyl (C=O) groups is 1. The lowest BCUT2D eigenvalue weighted by molar-refractivity contribution is -0.141. The number of amides is 1. The Morgan fingerprint density at radius 3 is 2.50 bits per heavy atom. The number of hydrogen-bond donors (Lipinski definition) is 1. The number of aromatic nitrogens is 2. The Labute approximate surface area is 174 Å². The molecular weight excluding hydrogens is 395 g/mol. The van der Waals surface area contributed by atoms with Crippen LogP contribution in [0.25, 0.3) is 0 Å². The smallest absolute Gasteiger partial charge is 0.433 e. The Kier molecular flexibility index (Phi) is 6.95. The quantitative estimate of drug-likeness (QED) is 0.714. The maximum Gasteiger partial charge on any atom is 0.433 e. The minimum absolute atomic E-state index is 0.00928. The molecule has 1 aliphatic carbocycles. The van der Waals surface area contributed by atoms with Crippen LogP contribution in [0.3, 0.4) is 0 Å². The molecule has 2 aromatic heterocycles. The number of methoxy groups -OCH3 is 1. The summed E-state index contributed by atoms with van der Waals surface area (Å²) < 4.78 is 43.8. The van der Waals surface area contributed by atoms with Crippen molar-refractivity contribution in [3.05, 3.63) is 53.5 Å². The highest BCUT2D eigenvalue weighted by Crippen LogP contribution is 2.38. The molecule has 0 unspecified atom stereocenters. The summed E-state index contributed by atoms with van der Waals surface area (Å²) in [6.45, 7) is 2.03. The van der Waals surface area contributed by atoms with E-state index in [0.717, 1.165) is 38.2 Å². The van der Waals surface area contributed by atoms with Gasteiger partial charge in [0.1, 0.15) is 5.69 Å². The monoisotopic (exact) mass is 421 g/mol. The highest BCUT2D eigenvalue weighted by atomic mass is 19.4. The third-order valence-electron chi connectivity index (χ3n) is 5.78. The summed E-state index contributed by atoms with van der Waals surface area (Å²) in [6.07, 6.45) is 1.03. The fourth-order valence-electron chi connectivity index (χ4n) is 4.09. The number of carbonyl (C=O) groups excluding carboxylic acids is 1. The molecule has 1 N–H and O–H groups in total. The standard InChI is InChI=1S/C22H26F3N3O2/c1-3-17(28-21(29)16-11-12-20(30-2)26-13-16)14-7-9-15(10-8-14)18-5-4-6-19(27-18)22(23,24)25/h4-6,11-15,17H,3,7-10H2,1-2H3,(H,28,29)/t14?,15?,17-/m0/s1. The summed E-state index contributed by atoms with van der Waals surface area (Å²) in [5.41, 5.74) is 0.134. The van der Waals surface area contributed by atoms with Crippen LogP contribution >= 0.6 is 0 Å². The fourth-order valence-corrected chi connectivity index (χ4v) is 4.09. The summed E-state index contributed by atoms with van der Waals surface area (Å²) in [5, 5.41) is 3.09. The average molecular weight is 421 g/mol. The van der Waals surface area contributed by atoms with E-state index >= 15 is 0 Å². The van der Waals surface area contributed by atoms with Gasteiger partial charge in [-0.1, -0.05) is 13.0 Å². The number of alkyl halides is 3. The van der Waals surface area contributed by atoms with Crippen LogP contribution in [0.4, 0.5) is 13.2 Å². The van der Waals surface area contributed by atoms with Crippen LogP contribution in [-0.4, -0.2) is 29.0 Å². The lowest BCUT2D eigenvalue weighted by atomic mass is 9.76. The van der Waals surface area contributed by atoms with Crippen molar-refractivity contribution in [2.75, 3.05) is 7.11 Å². The molecule has 0 saturated heterocycles. The molecule has 0 bridgehead atoms. The molecule has 1 amide bonds. The second-order valence-corrected chi connectivity index (χ2v) is 7.63. The van der Waals surface area contributed by atoms with E-state index in [0.29, 0.717) is 17.1 Å². The second kappa shape index (κ2) is 9.45. The maximum absolute atomic E-state index is 12.9. The van der Waals surface area contributed by atoms with Crippen LogP contribution in [-0.2, 0) is 6.18 Å². The van der Waals surface area contributed by atoms with Crippen molar-refractivity contribution in [1.82, 2.24) is 15.3 Å². The van der Waals surface area contributed by atoms with E-state index < -0.39 is 11.9 Å². The average Bonchev–Trinajstić information content (AvgIpc) is 2.77. The molecule has 0 aliphatic heterocycles. The lowest BCUT2D eigenvalue weighted by Crippen LogP contribution is -2.41. The van der Waals surface area contributed by atoms with Crippen molar-refractivity contribution >= 4 is 5.91 Å². The summed E-state index contributed by atoms with van der Waals surface area (Å²) in [5.74, 6) is 0.563. The van der Waals surface area contributed by atoms with Crippen molar-refractivity contribution in [2.45, 2.75) is 57.2 Å². The van der Waals surface area contributed by atoms with Crippen LogP contribution in [0.5, 0.6) is 5.88 Å². The lowest BCUT2D eigenvalue weighted by Gasteiger charge is -2.34. The van der Waals surface area contributed by atoms with Crippen LogP contribution in [0.2, 0.25) is 0 Å². The highest BCUT2D eigenvalue weighted by molar-refractivity contribution is 5.94. The molecule has 2 aromatic rings. The molecule has 1 fully saturated rings. The van der Waals surface area contributed by atoms with Gasteiger partial charge in [0.15, 0.2) is 0 Å². The highest BCUT2D eigenvalue weighted by Gasteiger charge is 2.34. The van der Waals surface area contributed by atoms with Crippen molar-refractivity contribution in [3.8, 4) is 5.88 Å². The Morgan fingerprint density at radius 2 is 1.93 bits per heavy atom. The molecule has 1 atom stereocenters. The van der Waals surface area contributed by atoms with Crippen molar-refractivity contribution in [2.24, 2.45) is 5.92 Å². The summed E-state index contributed by atoms with van der Waals surface area (Å²) in [7, 11) is 1.51. The minimum Gasteiger partial charge on any atom is -0.481 e. The summed E-state index contributed by atoms with van der Waals surface area (Å²) in [6, 6.07) is 7.43. The molecule has 30 heavy (non-hydrogen) atoms.